The molecule has 3 saturated heterocycles. The summed E-state index contributed by atoms with van der Waals surface area (Å²) in [5.41, 5.74) is 1.95. The van der Waals surface area contributed by atoms with E-state index in [1.54, 1.807) is 6.07 Å². The fraction of sp³-hybridized carbons (Fsp3) is 0.684. The molecule has 3 aliphatic heterocycles. The lowest BCUT2D eigenvalue weighted by atomic mass is 9.95. The van der Waals surface area contributed by atoms with Gasteiger partial charge in [-0.05, 0) is 75.7 Å². The second-order valence-electron chi connectivity index (χ2n) is 7.30. The molecule has 2 unspecified atom stereocenters. The van der Waals surface area contributed by atoms with Crippen molar-refractivity contribution >= 4 is 5.69 Å². The van der Waals surface area contributed by atoms with Gasteiger partial charge in [0.05, 0.1) is 5.69 Å². The van der Waals surface area contributed by atoms with E-state index in [1.807, 2.05) is 6.07 Å². The van der Waals surface area contributed by atoms with E-state index < -0.39 is 0 Å². The minimum Gasteiger partial charge on any atom is -0.363 e. The first-order chi connectivity index (χ1) is 10.8. The summed E-state index contributed by atoms with van der Waals surface area (Å²) in [5.74, 6) is -0.0177. The van der Waals surface area contributed by atoms with Crippen LogP contribution >= 0.6 is 0 Å². The molecule has 4 rings (SSSR count). The van der Waals surface area contributed by atoms with Gasteiger partial charge in [-0.3, -0.25) is 0 Å². The summed E-state index contributed by atoms with van der Waals surface area (Å²) in [6, 6.07) is 7.70. The first-order valence-corrected chi connectivity index (χ1v) is 9.07. The van der Waals surface area contributed by atoms with Crippen LogP contribution < -0.4 is 4.90 Å². The SMILES string of the molecule is CCc1ccc(N2C3CCC2CC(N2CCCC2)C3)c(F)c1. The number of hydrogen-bond donors (Lipinski definition) is 0. The number of aryl methyl sites for hydroxylation is 1. The highest BCUT2D eigenvalue weighted by atomic mass is 19.1. The number of likely N-dealkylation sites (tertiary alicyclic amines) is 1. The van der Waals surface area contributed by atoms with Gasteiger partial charge < -0.3 is 9.80 Å². The van der Waals surface area contributed by atoms with Crippen molar-refractivity contribution in [3.8, 4) is 0 Å². The lowest BCUT2D eigenvalue weighted by Gasteiger charge is -2.43. The molecule has 0 radical (unpaired) electrons. The topological polar surface area (TPSA) is 6.48 Å². The first kappa shape index (κ1) is 14.5. The van der Waals surface area contributed by atoms with E-state index in [4.69, 9.17) is 0 Å². The number of benzene rings is 1. The van der Waals surface area contributed by atoms with Crippen LogP contribution in [0.2, 0.25) is 0 Å². The van der Waals surface area contributed by atoms with Crippen molar-refractivity contribution in [1.29, 1.82) is 0 Å². The molecular weight excluding hydrogens is 275 g/mol. The fourth-order valence-corrected chi connectivity index (χ4v) is 4.93. The van der Waals surface area contributed by atoms with Gasteiger partial charge in [0.2, 0.25) is 0 Å². The van der Waals surface area contributed by atoms with Crippen LogP contribution in [0, 0.1) is 5.82 Å². The molecule has 0 aromatic heterocycles. The summed E-state index contributed by atoms with van der Waals surface area (Å²) in [6.07, 6.45) is 8.57. The highest BCUT2D eigenvalue weighted by Crippen LogP contribution is 2.42. The summed E-state index contributed by atoms with van der Waals surface area (Å²) in [7, 11) is 0. The third kappa shape index (κ3) is 2.44. The van der Waals surface area contributed by atoms with Crippen LogP contribution in [0.3, 0.4) is 0 Å². The normalized spacial score (nSPS) is 31.9. The maximum absolute atomic E-state index is 14.5. The third-order valence-electron chi connectivity index (χ3n) is 6.06. The molecule has 0 saturated carbocycles. The molecule has 0 spiro atoms. The van der Waals surface area contributed by atoms with E-state index in [0.717, 1.165) is 23.7 Å². The average molecular weight is 302 g/mol. The van der Waals surface area contributed by atoms with Crippen LogP contribution in [0.15, 0.2) is 18.2 Å². The Morgan fingerprint density at radius 1 is 1.05 bits per heavy atom. The molecule has 2 bridgehead atoms. The summed E-state index contributed by atoms with van der Waals surface area (Å²) in [5, 5.41) is 0. The molecule has 0 amide bonds. The average Bonchev–Trinajstić information content (AvgIpc) is 3.14. The number of fused-ring (bicyclic) bond motifs is 2. The van der Waals surface area contributed by atoms with Crippen LogP contribution in [0.1, 0.15) is 51.0 Å². The maximum Gasteiger partial charge on any atom is 0.146 e. The minimum atomic E-state index is -0.0177. The molecule has 3 heteroatoms. The van der Waals surface area contributed by atoms with Gasteiger partial charge in [0.1, 0.15) is 5.82 Å². The van der Waals surface area contributed by atoms with Crippen molar-refractivity contribution in [2.45, 2.75) is 70.0 Å². The van der Waals surface area contributed by atoms with E-state index in [-0.39, 0.29) is 5.82 Å². The molecule has 1 aromatic carbocycles. The molecule has 120 valence electrons. The Morgan fingerprint density at radius 3 is 2.32 bits per heavy atom. The van der Waals surface area contributed by atoms with E-state index in [2.05, 4.69) is 22.8 Å². The number of halogens is 1. The lowest BCUT2D eigenvalue weighted by molar-refractivity contribution is 0.186. The summed E-state index contributed by atoms with van der Waals surface area (Å²) >= 11 is 0. The second kappa shape index (κ2) is 5.84. The zero-order valence-electron chi connectivity index (χ0n) is 13.6. The van der Waals surface area contributed by atoms with Gasteiger partial charge in [0, 0.05) is 18.1 Å². The molecule has 2 atom stereocenters. The molecule has 1 aromatic rings. The zero-order chi connectivity index (χ0) is 15.1. The fourth-order valence-electron chi connectivity index (χ4n) is 4.93. The van der Waals surface area contributed by atoms with Crippen molar-refractivity contribution in [3.63, 3.8) is 0 Å². The van der Waals surface area contributed by atoms with Gasteiger partial charge in [-0.25, -0.2) is 4.39 Å². The van der Waals surface area contributed by atoms with Gasteiger partial charge >= 0.3 is 0 Å². The quantitative estimate of drug-likeness (QED) is 0.833. The third-order valence-corrected chi connectivity index (χ3v) is 6.06. The van der Waals surface area contributed by atoms with Crippen LogP contribution in [0.5, 0.6) is 0 Å². The van der Waals surface area contributed by atoms with Gasteiger partial charge in [0.15, 0.2) is 0 Å². The Labute approximate surface area is 133 Å². The largest absolute Gasteiger partial charge is 0.363 e. The Morgan fingerprint density at radius 2 is 1.73 bits per heavy atom. The van der Waals surface area contributed by atoms with Crippen molar-refractivity contribution in [3.05, 3.63) is 29.6 Å². The number of rotatable bonds is 3. The highest BCUT2D eigenvalue weighted by molar-refractivity contribution is 5.53. The minimum absolute atomic E-state index is 0.0177. The Balaban J connectivity index is 1.55. The Kier molecular flexibility index (Phi) is 3.85. The van der Waals surface area contributed by atoms with Crippen molar-refractivity contribution in [2.24, 2.45) is 0 Å². The van der Waals surface area contributed by atoms with Gasteiger partial charge in [0.25, 0.3) is 0 Å². The molecule has 22 heavy (non-hydrogen) atoms. The van der Waals surface area contributed by atoms with Crippen molar-refractivity contribution < 1.29 is 4.39 Å². The predicted octanol–water partition coefficient (Wildman–Crippen LogP) is 3.98. The Hall–Kier alpha value is -1.09. The van der Waals surface area contributed by atoms with Gasteiger partial charge in [-0.1, -0.05) is 13.0 Å². The molecule has 0 aliphatic carbocycles. The van der Waals surface area contributed by atoms with Gasteiger partial charge in [-0.2, -0.15) is 0 Å². The highest BCUT2D eigenvalue weighted by Gasteiger charge is 2.43. The van der Waals surface area contributed by atoms with Gasteiger partial charge in [-0.15, -0.1) is 0 Å². The van der Waals surface area contributed by atoms with Crippen LogP contribution in [0.4, 0.5) is 10.1 Å². The number of nitrogens with zero attached hydrogens (tertiary/aromatic N) is 2. The van der Waals surface area contributed by atoms with Crippen LogP contribution in [-0.4, -0.2) is 36.1 Å². The molecule has 0 N–H and O–H groups in total. The first-order valence-electron chi connectivity index (χ1n) is 9.07. The summed E-state index contributed by atoms with van der Waals surface area (Å²) in [4.78, 5) is 5.11. The van der Waals surface area contributed by atoms with Crippen LogP contribution in [-0.2, 0) is 6.42 Å². The summed E-state index contributed by atoms with van der Waals surface area (Å²) < 4.78 is 14.5. The van der Waals surface area contributed by atoms with E-state index in [1.165, 1.54) is 51.6 Å². The van der Waals surface area contributed by atoms with Crippen molar-refractivity contribution in [1.82, 2.24) is 4.90 Å². The molecule has 3 heterocycles. The zero-order valence-corrected chi connectivity index (χ0v) is 13.6. The number of hydrogen-bond acceptors (Lipinski definition) is 2. The van der Waals surface area contributed by atoms with E-state index in [0.29, 0.717) is 12.1 Å². The monoisotopic (exact) mass is 302 g/mol. The van der Waals surface area contributed by atoms with E-state index in [9.17, 15) is 4.39 Å². The smallest absolute Gasteiger partial charge is 0.146 e. The maximum atomic E-state index is 14.5. The number of anilines is 1. The van der Waals surface area contributed by atoms with Crippen molar-refractivity contribution in [2.75, 3.05) is 18.0 Å². The molecule has 3 aliphatic rings. The summed E-state index contributed by atoms with van der Waals surface area (Å²) in [6.45, 7) is 4.65. The predicted molar refractivity (Wildman–Crippen MR) is 88.9 cm³/mol. The van der Waals surface area contributed by atoms with E-state index >= 15 is 0 Å². The van der Waals surface area contributed by atoms with Crippen LogP contribution in [0.25, 0.3) is 0 Å². The molecule has 3 fully saturated rings. The number of piperidine rings is 1. The Bertz CT molecular complexity index is 524. The lowest BCUT2D eigenvalue weighted by Crippen LogP contribution is -2.50. The standard InChI is InChI=1S/C19H27FN2/c1-2-14-5-8-19(18(20)11-14)22-15-6-7-16(22)13-17(12-15)21-9-3-4-10-21/h5,8,11,15-17H,2-4,6-7,9-10,12-13H2,1H3. The second-order valence-corrected chi connectivity index (χ2v) is 7.30. The molecule has 2 nitrogen and oxygen atoms in total. The molecular formula is C19H27FN2.